The summed E-state index contributed by atoms with van der Waals surface area (Å²) >= 11 is 0. The molecule has 0 aromatic carbocycles. The summed E-state index contributed by atoms with van der Waals surface area (Å²) in [6.07, 6.45) is -0.520. The Labute approximate surface area is 129 Å². The molecule has 0 radical (unpaired) electrons. The van der Waals surface area contributed by atoms with Crippen molar-refractivity contribution in [2.24, 2.45) is 5.73 Å². The van der Waals surface area contributed by atoms with Crippen LogP contribution in [0.4, 0.5) is 13.6 Å². The van der Waals surface area contributed by atoms with Crippen molar-refractivity contribution in [3.8, 4) is 0 Å². The number of likely N-dealkylation sites (tertiary alicyclic amines) is 1. The smallest absolute Gasteiger partial charge is 0.410 e. The van der Waals surface area contributed by atoms with E-state index in [0.29, 0.717) is 19.4 Å². The van der Waals surface area contributed by atoms with E-state index in [1.165, 1.54) is 4.90 Å². The van der Waals surface area contributed by atoms with Crippen LogP contribution < -0.4 is 5.73 Å². The van der Waals surface area contributed by atoms with Crippen LogP contribution in [0.5, 0.6) is 0 Å². The maximum Gasteiger partial charge on any atom is 0.410 e. The number of hydrogen-bond donors (Lipinski definition) is 2. The summed E-state index contributed by atoms with van der Waals surface area (Å²) < 4.78 is 32.4. The van der Waals surface area contributed by atoms with Gasteiger partial charge in [0.05, 0.1) is 12.1 Å². The predicted octanol–water partition coefficient (Wildman–Crippen LogP) is 2.27. The van der Waals surface area contributed by atoms with E-state index in [2.05, 4.69) is 0 Å². The molecule has 1 heterocycles. The number of carbonyl (C=O) groups is 1. The summed E-state index contributed by atoms with van der Waals surface area (Å²) in [5.41, 5.74) is 2.62. The zero-order chi connectivity index (χ0) is 16.8. The Hall–Kier alpha value is -0.950. The third-order valence-corrected chi connectivity index (χ3v) is 4.56. The van der Waals surface area contributed by atoms with Crippen LogP contribution in [0.3, 0.4) is 0 Å². The normalized spacial score (nSPS) is 35.5. The average molecular weight is 320 g/mol. The molecule has 5 nitrogen and oxygen atoms in total. The number of β-amino-alcohol motifs (C(OH)–C–C–N with tert-alkyl or cyclic N) is 1. The molecule has 3 N–H and O–H groups in total. The Morgan fingerprint density at radius 2 is 1.91 bits per heavy atom. The van der Waals surface area contributed by atoms with Crippen LogP contribution in [-0.4, -0.2) is 51.9 Å². The molecule has 2 atom stereocenters. The molecule has 0 spiro atoms. The van der Waals surface area contributed by atoms with E-state index in [4.69, 9.17) is 10.5 Å². The highest BCUT2D eigenvalue weighted by atomic mass is 19.3. The van der Waals surface area contributed by atoms with Crippen molar-refractivity contribution < 1.29 is 23.4 Å². The number of amides is 1. The summed E-state index contributed by atoms with van der Waals surface area (Å²) in [6, 6.07) is 0. The van der Waals surface area contributed by atoms with Gasteiger partial charge in [0.25, 0.3) is 0 Å². The minimum Gasteiger partial charge on any atom is -0.444 e. The second-order valence-corrected chi connectivity index (χ2v) is 7.73. The SMILES string of the molecule is CC(C)(C)OC(=O)N1CCCC(O)(C2(N)CCC(F)(F)C2)C1. The number of ether oxygens (including phenoxy) is 1. The van der Waals surface area contributed by atoms with Gasteiger partial charge in [0.1, 0.15) is 11.2 Å². The van der Waals surface area contributed by atoms with Crippen LogP contribution in [0, 0.1) is 0 Å². The van der Waals surface area contributed by atoms with Gasteiger partial charge in [-0.2, -0.15) is 0 Å². The molecular formula is C15H26F2N2O3. The van der Waals surface area contributed by atoms with Crippen LogP contribution in [0.15, 0.2) is 0 Å². The fourth-order valence-corrected chi connectivity index (χ4v) is 3.37. The first-order valence-corrected chi connectivity index (χ1v) is 7.73. The van der Waals surface area contributed by atoms with E-state index in [1.54, 1.807) is 20.8 Å². The topological polar surface area (TPSA) is 75.8 Å². The number of nitrogens with zero attached hydrogens (tertiary/aromatic N) is 1. The van der Waals surface area contributed by atoms with E-state index in [1.807, 2.05) is 0 Å². The lowest BCUT2D eigenvalue weighted by molar-refractivity contribution is -0.0979. The van der Waals surface area contributed by atoms with Gasteiger partial charge in [0, 0.05) is 19.4 Å². The number of alkyl halides is 2. The molecule has 1 aliphatic heterocycles. The zero-order valence-corrected chi connectivity index (χ0v) is 13.5. The van der Waals surface area contributed by atoms with Crippen LogP contribution in [0.25, 0.3) is 0 Å². The summed E-state index contributed by atoms with van der Waals surface area (Å²) in [4.78, 5) is 13.5. The van der Waals surface area contributed by atoms with E-state index < -0.39 is 35.2 Å². The maximum atomic E-state index is 13.5. The summed E-state index contributed by atoms with van der Waals surface area (Å²) in [5, 5.41) is 10.9. The third-order valence-electron chi connectivity index (χ3n) is 4.56. The number of halogens is 2. The predicted molar refractivity (Wildman–Crippen MR) is 77.7 cm³/mol. The monoisotopic (exact) mass is 320 g/mol. The first-order valence-electron chi connectivity index (χ1n) is 7.73. The molecule has 128 valence electrons. The molecule has 1 saturated heterocycles. The molecule has 1 aliphatic carbocycles. The van der Waals surface area contributed by atoms with Gasteiger partial charge < -0.3 is 20.5 Å². The molecule has 2 unspecified atom stereocenters. The van der Waals surface area contributed by atoms with Crippen molar-refractivity contribution in [3.63, 3.8) is 0 Å². The Morgan fingerprint density at radius 3 is 2.41 bits per heavy atom. The molecular weight excluding hydrogens is 294 g/mol. The Bertz CT molecular complexity index is 453. The van der Waals surface area contributed by atoms with E-state index in [-0.39, 0.29) is 19.4 Å². The largest absolute Gasteiger partial charge is 0.444 e. The minimum atomic E-state index is -2.85. The molecule has 2 fully saturated rings. The fourth-order valence-electron chi connectivity index (χ4n) is 3.37. The molecule has 0 aromatic heterocycles. The molecule has 1 amide bonds. The van der Waals surface area contributed by atoms with Crippen molar-refractivity contribution in [2.45, 2.75) is 75.5 Å². The number of carbonyl (C=O) groups excluding carboxylic acids is 1. The standard InChI is InChI=1S/C15H26F2N2O3/c1-12(2,3)22-11(20)19-8-4-5-14(21,10-19)13(18)6-7-15(16,17)9-13/h21H,4-10,18H2,1-3H3. The molecule has 2 aliphatic rings. The van der Waals surface area contributed by atoms with Crippen molar-refractivity contribution in [1.29, 1.82) is 0 Å². The van der Waals surface area contributed by atoms with Crippen molar-refractivity contribution in [3.05, 3.63) is 0 Å². The highest BCUT2D eigenvalue weighted by Crippen LogP contribution is 2.47. The van der Waals surface area contributed by atoms with E-state index in [0.717, 1.165) is 0 Å². The Morgan fingerprint density at radius 1 is 1.27 bits per heavy atom. The van der Waals surface area contributed by atoms with Gasteiger partial charge in [0.15, 0.2) is 0 Å². The van der Waals surface area contributed by atoms with Gasteiger partial charge >= 0.3 is 6.09 Å². The second kappa shape index (κ2) is 5.30. The fraction of sp³-hybridized carbons (Fsp3) is 0.933. The highest BCUT2D eigenvalue weighted by molar-refractivity contribution is 5.68. The van der Waals surface area contributed by atoms with Crippen LogP contribution in [0.2, 0.25) is 0 Å². The number of rotatable bonds is 1. The molecule has 0 bridgehead atoms. The maximum absolute atomic E-state index is 13.5. The van der Waals surface area contributed by atoms with E-state index >= 15 is 0 Å². The van der Waals surface area contributed by atoms with Crippen LogP contribution >= 0.6 is 0 Å². The van der Waals surface area contributed by atoms with Crippen LogP contribution in [0.1, 0.15) is 52.9 Å². The van der Waals surface area contributed by atoms with Gasteiger partial charge in [-0.15, -0.1) is 0 Å². The summed E-state index contributed by atoms with van der Waals surface area (Å²) in [6.45, 7) is 5.63. The third kappa shape index (κ3) is 3.51. The molecule has 7 heteroatoms. The number of aliphatic hydroxyl groups is 1. The van der Waals surface area contributed by atoms with Crippen molar-refractivity contribution >= 4 is 6.09 Å². The summed E-state index contributed by atoms with van der Waals surface area (Å²) in [7, 11) is 0. The molecule has 22 heavy (non-hydrogen) atoms. The van der Waals surface area contributed by atoms with Gasteiger partial charge in [-0.25, -0.2) is 13.6 Å². The van der Waals surface area contributed by atoms with E-state index in [9.17, 15) is 18.7 Å². The lowest BCUT2D eigenvalue weighted by atomic mass is 9.74. The van der Waals surface area contributed by atoms with Gasteiger partial charge in [-0.05, 0) is 40.0 Å². The zero-order valence-electron chi connectivity index (χ0n) is 13.5. The molecule has 0 aromatic rings. The van der Waals surface area contributed by atoms with Crippen molar-refractivity contribution in [1.82, 2.24) is 4.90 Å². The minimum absolute atomic E-state index is 0.0542. The van der Waals surface area contributed by atoms with Gasteiger partial charge in [0.2, 0.25) is 5.92 Å². The second-order valence-electron chi connectivity index (χ2n) is 7.73. The Balaban J connectivity index is 2.11. The highest BCUT2D eigenvalue weighted by Gasteiger charge is 2.59. The summed E-state index contributed by atoms with van der Waals surface area (Å²) in [5.74, 6) is -2.85. The first-order chi connectivity index (χ1) is 9.86. The lowest BCUT2D eigenvalue weighted by Crippen LogP contribution is -2.66. The van der Waals surface area contributed by atoms with Crippen molar-refractivity contribution in [2.75, 3.05) is 13.1 Å². The van der Waals surface area contributed by atoms with Gasteiger partial charge in [-0.1, -0.05) is 0 Å². The lowest BCUT2D eigenvalue weighted by Gasteiger charge is -2.48. The molecule has 1 saturated carbocycles. The molecule has 2 rings (SSSR count). The van der Waals surface area contributed by atoms with Gasteiger partial charge in [-0.3, -0.25) is 0 Å². The number of nitrogens with two attached hydrogens (primary N) is 1. The van der Waals surface area contributed by atoms with Crippen LogP contribution in [-0.2, 0) is 4.74 Å². The Kier molecular flexibility index (Phi) is 4.19. The average Bonchev–Trinajstić information content (AvgIpc) is 2.63. The number of hydrogen-bond acceptors (Lipinski definition) is 4. The quantitative estimate of drug-likeness (QED) is 0.777. The first kappa shape index (κ1) is 17.4. The number of piperidine rings is 1.